The van der Waals surface area contributed by atoms with Crippen molar-refractivity contribution in [3.8, 4) is 0 Å². The predicted octanol–water partition coefficient (Wildman–Crippen LogP) is -0.849. The van der Waals surface area contributed by atoms with Gasteiger partial charge >= 0.3 is 72.6 Å². The Bertz CT molecular complexity index is 301. The zero-order valence-electron chi connectivity index (χ0n) is 5.72. The van der Waals surface area contributed by atoms with Crippen LogP contribution in [0.25, 0.3) is 0 Å². The van der Waals surface area contributed by atoms with Crippen LogP contribution in [0.15, 0.2) is 0 Å². The van der Waals surface area contributed by atoms with E-state index in [9.17, 15) is 12.6 Å². The van der Waals surface area contributed by atoms with Crippen LogP contribution in [-0.2, 0) is 22.4 Å². The van der Waals surface area contributed by atoms with E-state index in [1.807, 2.05) is 0 Å². The molecule has 8 heteroatoms. The van der Waals surface area contributed by atoms with E-state index in [2.05, 4.69) is 18.6 Å². The van der Waals surface area contributed by atoms with Crippen LogP contribution in [0.5, 0.6) is 0 Å². The van der Waals surface area contributed by atoms with Gasteiger partial charge in [-0.2, -0.15) is 0 Å². The van der Waals surface area contributed by atoms with Gasteiger partial charge in [-0.3, -0.25) is 0 Å². The van der Waals surface area contributed by atoms with Crippen LogP contribution in [0.2, 0.25) is 0 Å². The fourth-order valence-electron chi connectivity index (χ4n) is 0.396. The SMILES string of the molecule is CCOS(=O)(=[Se])CS(=O)(=O)O. The van der Waals surface area contributed by atoms with Crippen molar-refractivity contribution in [1.29, 1.82) is 0 Å². The Morgan fingerprint density at radius 3 is 2.18 bits per heavy atom. The quantitative estimate of drug-likeness (QED) is 0.530. The Labute approximate surface area is 72.8 Å². The Morgan fingerprint density at radius 1 is 1.45 bits per heavy atom. The third kappa shape index (κ3) is 6.92. The maximum atomic E-state index is 11.0. The van der Waals surface area contributed by atoms with Gasteiger partial charge in [-0.15, -0.1) is 0 Å². The van der Waals surface area contributed by atoms with E-state index in [0.29, 0.717) is 0 Å². The molecule has 0 fully saturated rings. The summed E-state index contributed by atoms with van der Waals surface area (Å²) in [4.78, 5) is 0. The summed E-state index contributed by atoms with van der Waals surface area (Å²) in [5.41, 5.74) is 0. The second kappa shape index (κ2) is 3.97. The summed E-state index contributed by atoms with van der Waals surface area (Å²) >= 11 is 2.08. The molecule has 1 N–H and O–H groups in total. The topological polar surface area (TPSA) is 80.7 Å². The molecule has 0 aliphatic rings. The molecule has 1 atom stereocenters. The Hall–Kier alpha value is 0.539. The van der Waals surface area contributed by atoms with Gasteiger partial charge in [0, 0.05) is 0 Å². The maximum absolute atomic E-state index is 11.0. The van der Waals surface area contributed by atoms with Crippen LogP contribution >= 0.6 is 0 Å². The summed E-state index contributed by atoms with van der Waals surface area (Å²) in [5, 5.41) is -0.895. The Kier molecular flexibility index (Phi) is 4.17. The number of hydrogen-bond acceptors (Lipinski definition) is 4. The normalized spacial score (nSPS) is 17.6. The molecule has 11 heavy (non-hydrogen) atoms. The zero-order valence-corrected chi connectivity index (χ0v) is 9.07. The van der Waals surface area contributed by atoms with Crippen LogP contribution in [0.3, 0.4) is 0 Å². The average Bonchev–Trinajstić information content (AvgIpc) is 1.55. The minimum absolute atomic E-state index is 0.126. The van der Waals surface area contributed by atoms with Crippen molar-refractivity contribution in [3.05, 3.63) is 0 Å². The van der Waals surface area contributed by atoms with Gasteiger partial charge in [-0.25, -0.2) is 0 Å². The van der Waals surface area contributed by atoms with Crippen LogP contribution in [-0.4, -0.2) is 43.3 Å². The third-order valence-corrected chi connectivity index (χ3v) is 5.95. The molecule has 0 bridgehead atoms. The summed E-state index contributed by atoms with van der Waals surface area (Å²) in [7, 11) is -7.24. The molecular formula is C3H8O5S2Se. The minimum atomic E-state index is -4.24. The first-order chi connectivity index (χ1) is 4.77. The number of hydrogen-bond donors (Lipinski definition) is 1. The van der Waals surface area contributed by atoms with Gasteiger partial charge < -0.3 is 0 Å². The van der Waals surface area contributed by atoms with Crippen LogP contribution in [0.1, 0.15) is 6.92 Å². The van der Waals surface area contributed by atoms with E-state index in [4.69, 9.17) is 4.55 Å². The molecule has 0 spiro atoms. The van der Waals surface area contributed by atoms with Gasteiger partial charge in [-0.1, -0.05) is 0 Å². The van der Waals surface area contributed by atoms with E-state index >= 15 is 0 Å². The molecule has 0 amide bonds. The molecule has 0 heterocycles. The molecule has 0 aliphatic carbocycles. The average molecular weight is 267 g/mol. The van der Waals surface area contributed by atoms with Crippen molar-refractivity contribution >= 4 is 32.6 Å². The first-order valence-electron chi connectivity index (χ1n) is 2.59. The van der Waals surface area contributed by atoms with Gasteiger partial charge in [-0.05, 0) is 0 Å². The van der Waals surface area contributed by atoms with Gasteiger partial charge in [0.15, 0.2) is 0 Å². The molecule has 1 unspecified atom stereocenters. The molecular weight excluding hydrogens is 259 g/mol. The van der Waals surface area contributed by atoms with Crippen LogP contribution < -0.4 is 0 Å². The molecule has 0 rings (SSSR count). The van der Waals surface area contributed by atoms with E-state index in [1.165, 1.54) is 0 Å². The predicted molar refractivity (Wildman–Crippen MR) is 41.9 cm³/mol. The molecule has 5 nitrogen and oxygen atoms in total. The molecule has 0 saturated heterocycles. The Balaban J connectivity index is 4.40. The van der Waals surface area contributed by atoms with E-state index in [-0.39, 0.29) is 6.61 Å². The van der Waals surface area contributed by atoms with Crippen molar-refractivity contribution in [2.24, 2.45) is 0 Å². The van der Waals surface area contributed by atoms with Gasteiger partial charge in [0.25, 0.3) is 0 Å². The van der Waals surface area contributed by atoms with Crippen LogP contribution in [0, 0.1) is 0 Å². The Morgan fingerprint density at radius 2 is 1.91 bits per heavy atom. The number of rotatable bonds is 4. The summed E-state index contributed by atoms with van der Waals surface area (Å²) in [6, 6.07) is 0. The van der Waals surface area contributed by atoms with E-state index in [1.54, 1.807) is 6.92 Å². The second-order valence-electron chi connectivity index (χ2n) is 1.66. The summed E-state index contributed by atoms with van der Waals surface area (Å²) < 4.78 is 44.2. The molecule has 0 saturated carbocycles. The van der Waals surface area contributed by atoms with Crippen molar-refractivity contribution in [2.45, 2.75) is 6.92 Å². The monoisotopic (exact) mass is 268 g/mol. The van der Waals surface area contributed by atoms with Crippen LogP contribution in [0.4, 0.5) is 0 Å². The summed E-state index contributed by atoms with van der Waals surface area (Å²) in [6.07, 6.45) is 0. The molecule has 0 radical (unpaired) electrons. The van der Waals surface area contributed by atoms with Crippen molar-refractivity contribution in [1.82, 2.24) is 0 Å². The molecule has 0 aromatic rings. The summed E-state index contributed by atoms with van der Waals surface area (Å²) in [6.45, 7) is 1.70. The first-order valence-corrected chi connectivity index (χ1v) is 7.87. The van der Waals surface area contributed by atoms with Gasteiger partial charge in [0.05, 0.1) is 0 Å². The first kappa shape index (κ1) is 11.5. The van der Waals surface area contributed by atoms with Crippen molar-refractivity contribution in [2.75, 3.05) is 11.7 Å². The third-order valence-electron chi connectivity index (χ3n) is 0.591. The molecule has 0 aliphatic heterocycles. The fraction of sp³-hybridized carbons (Fsp3) is 1.00. The second-order valence-corrected chi connectivity index (χ2v) is 8.32. The molecule has 0 aromatic heterocycles. The van der Waals surface area contributed by atoms with Crippen molar-refractivity contribution < 1.29 is 21.4 Å². The summed E-state index contributed by atoms with van der Waals surface area (Å²) in [5.74, 6) is 0. The molecule has 0 aromatic carbocycles. The zero-order chi connectivity index (χ0) is 9.12. The molecule has 68 valence electrons. The van der Waals surface area contributed by atoms with E-state index in [0.717, 1.165) is 0 Å². The standard InChI is InChI=1S/C3H8O5S2Se/c1-2-8-10(7,11)3-9(4,5)6/h2-3H2,1H3,(H,4,5,6). The van der Waals surface area contributed by atoms with Gasteiger partial charge in [0.2, 0.25) is 0 Å². The van der Waals surface area contributed by atoms with Crippen molar-refractivity contribution in [3.63, 3.8) is 0 Å². The van der Waals surface area contributed by atoms with E-state index < -0.39 is 23.3 Å². The fourth-order valence-corrected chi connectivity index (χ4v) is 5.39. The van der Waals surface area contributed by atoms with Gasteiger partial charge in [0.1, 0.15) is 0 Å².